The minimum atomic E-state index is -3.20. The van der Waals surface area contributed by atoms with E-state index in [9.17, 15) is 18.0 Å². The van der Waals surface area contributed by atoms with Gasteiger partial charge >= 0.3 is 0 Å². The van der Waals surface area contributed by atoms with Crippen LogP contribution in [0.3, 0.4) is 0 Å². The number of hydrogen-bond acceptors (Lipinski definition) is 2. The fourth-order valence-corrected chi connectivity index (χ4v) is 1.27. The van der Waals surface area contributed by atoms with Crippen LogP contribution < -0.4 is 11.1 Å². The van der Waals surface area contributed by atoms with Crippen molar-refractivity contribution in [1.82, 2.24) is 5.32 Å². The molecular weight excluding hydrogens is 257 g/mol. The highest BCUT2D eigenvalue weighted by atomic mass is 35.5. The Balaban J connectivity index is 2.74. The summed E-state index contributed by atoms with van der Waals surface area (Å²) >= 11 is 5.52. The van der Waals surface area contributed by atoms with Crippen LogP contribution in [-0.2, 0) is 0 Å². The standard InChI is InChI=1S/C10H10ClF3N2O/c11-8-6(2-1-3-7(8)12)9(17)16-5-10(13,14)4-15/h1-3H,4-5,15H2,(H,16,17). The van der Waals surface area contributed by atoms with Crippen LogP contribution in [0.1, 0.15) is 10.4 Å². The molecule has 0 unspecified atom stereocenters. The summed E-state index contributed by atoms with van der Waals surface area (Å²) in [4.78, 5) is 11.4. The summed E-state index contributed by atoms with van der Waals surface area (Å²) in [6.45, 7) is -1.81. The summed E-state index contributed by atoms with van der Waals surface area (Å²) in [5.41, 5.74) is 4.60. The van der Waals surface area contributed by atoms with Gasteiger partial charge in [0.15, 0.2) is 0 Å². The van der Waals surface area contributed by atoms with Gasteiger partial charge < -0.3 is 11.1 Å². The lowest BCUT2D eigenvalue weighted by Crippen LogP contribution is -2.41. The maximum absolute atomic E-state index is 13.0. The highest BCUT2D eigenvalue weighted by Gasteiger charge is 2.27. The van der Waals surface area contributed by atoms with E-state index in [4.69, 9.17) is 17.3 Å². The van der Waals surface area contributed by atoms with Crippen LogP contribution in [-0.4, -0.2) is 24.9 Å². The van der Waals surface area contributed by atoms with Gasteiger partial charge in [-0.25, -0.2) is 13.2 Å². The number of carbonyl (C=O) groups is 1. The van der Waals surface area contributed by atoms with Crippen LogP contribution in [0.4, 0.5) is 13.2 Å². The SMILES string of the molecule is NCC(F)(F)CNC(=O)c1cccc(F)c1Cl. The van der Waals surface area contributed by atoms with E-state index in [1.807, 2.05) is 5.32 Å². The molecular formula is C10H10ClF3N2O. The molecule has 0 atom stereocenters. The molecule has 94 valence electrons. The fourth-order valence-electron chi connectivity index (χ4n) is 1.06. The van der Waals surface area contributed by atoms with E-state index >= 15 is 0 Å². The van der Waals surface area contributed by atoms with Crippen molar-refractivity contribution in [2.75, 3.05) is 13.1 Å². The van der Waals surface area contributed by atoms with E-state index in [0.717, 1.165) is 6.07 Å². The smallest absolute Gasteiger partial charge is 0.277 e. The molecule has 0 radical (unpaired) electrons. The molecule has 1 rings (SSSR count). The Labute approximate surface area is 101 Å². The van der Waals surface area contributed by atoms with E-state index in [-0.39, 0.29) is 5.56 Å². The average Bonchev–Trinajstić information content (AvgIpc) is 2.30. The molecule has 0 aliphatic carbocycles. The van der Waals surface area contributed by atoms with E-state index < -0.39 is 35.8 Å². The molecule has 0 saturated heterocycles. The molecule has 1 amide bonds. The zero-order valence-electron chi connectivity index (χ0n) is 8.64. The Morgan fingerprint density at radius 2 is 2.12 bits per heavy atom. The molecule has 1 aromatic carbocycles. The third kappa shape index (κ3) is 3.61. The second-order valence-corrected chi connectivity index (χ2v) is 3.72. The summed E-state index contributed by atoms with van der Waals surface area (Å²) < 4.78 is 38.5. The van der Waals surface area contributed by atoms with E-state index in [1.54, 1.807) is 0 Å². The molecule has 0 aliphatic rings. The van der Waals surface area contributed by atoms with Gasteiger partial charge in [-0.1, -0.05) is 17.7 Å². The Morgan fingerprint density at radius 1 is 1.47 bits per heavy atom. The zero-order valence-corrected chi connectivity index (χ0v) is 9.40. The number of nitrogens with two attached hydrogens (primary N) is 1. The number of nitrogens with one attached hydrogen (secondary N) is 1. The van der Waals surface area contributed by atoms with Crippen LogP contribution in [0.2, 0.25) is 5.02 Å². The number of rotatable bonds is 4. The summed E-state index contributed by atoms with van der Waals surface area (Å²) in [6.07, 6.45) is 0. The normalized spacial score (nSPS) is 11.4. The van der Waals surface area contributed by atoms with Gasteiger partial charge in [-0.2, -0.15) is 0 Å². The summed E-state index contributed by atoms with van der Waals surface area (Å²) in [5.74, 6) is -4.86. The van der Waals surface area contributed by atoms with Crippen molar-refractivity contribution in [3.05, 3.63) is 34.6 Å². The topological polar surface area (TPSA) is 55.1 Å². The maximum atomic E-state index is 13.0. The lowest BCUT2D eigenvalue weighted by Gasteiger charge is -2.14. The van der Waals surface area contributed by atoms with Crippen molar-refractivity contribution in [3.8, 4) is 0 Å². The number of benzene rings is 1. The van der Waals surface area contributed by atoms with Crippen LogP contribution in [0.25, 0.3) is 0 Å². The summed E-state index contributed by atoms with van der Waals surface area (Å²) in [5, 5.41) is 1.54. The third-order valence-corrected chi connectivity index (χ3v) is 2.39. The van der Waals surface area contributed by atoms with Crippen molar-refractivity contribution < 1.29 is 18.0 Å². The highest BCUT2D eigenvalue weighted by molar-refractivity contribution is 6.34. The summed E-state index contributed by atoms with van der Waals surface area (Å²) in [7, 11) is 0. The molecule has 0 fully saturated rings. The predicted molar refractivity (Wildman–Crippen MR) is 57.7 cm³/mol. The van der Waals surface area contributed by atoms with Crippen molar-refractivity contribution in [2.45, 2.75) is 5.92 Å². The predicted octanol–water partition coefficient (Wildman–Crippen LogP) is 1.80. The van der Waals surface area contributed by atoms with Gasteiger partial charge in [-0.15, -0.1) is 0 Å². The molecule has 0 heterocycles. The lowest BCUT2D eigenvalue weighted by atomic mass is 10.2. The summed E-state index contributed by atoms with van der Waals surface area (Å²) in [6, 6.07) is 3.56. The quantitative estimate of drug-likeness (QED) is 0.873. The van der Waals surface area contributed by atoms with Crippen LogP contribution in [0.15, 0.2) is 18.2 Å². The van der Waals surface area contributed by atoms with Crippen molar-refractivity contribution in [3.63, 3.8) is 0 Å². The molecule has 3 N–H and O–H groups in total. The second-order valence-electron chi connectivity index (χ2n) is 3.34. The molecule has 3 nitrogen and oxygen atoms in total. The van der Waals surface area contributed by atoms with Crippen LogP contribution in [0.5, 0.6) is 0 Å². The molecule has 0 bridgehead atoms. The van der Waals surface area contributed by atoms with Crippen LogP contribution >= 0.6 is 11.6 Å². The molecule has 17 heavy (non-hydrogen) atoms. The van der Waals surface area contributed by atoms with Gasteiger partial charge in [0.2, 0.25) is 0 Å². The van der Waals surface area contributed by atoms with Gasteiger partial charge in [-0.3, -0.25) is 4.79 Å². The number of hydrogen-bond donors (Lipinski definition) is 2. The maximum Gasteiger partial charge on any atom is 0.277 e. The number of carbonyl (C=O) groups excluding carboxylic acids is 1. The van der Waals surface area contributed by atoms with Gasteiger partial charge in [0.25, 0.3) is 11.8 Å². The second kappa shape index (κ2) is 5.37. The molecule has 0 aliphatic heterocycles. The minimum absolute atomic E-state index is 0.195. The Bertz CT molecular complexity index is 426. The van der Waals surface area contributed by atoms with Crippen LogP contribution in [0, 0.1) is 5.82 Å². The van der Waals surface area contributed by atoms with Gasteiger partial charge in [0, 0.05) is 0 Å². The molecule has 0 spiro atoms. The third-order valence-electron chi connectivity index (χ3n) is 2.00. The van der Waals surface area contributed by atoms with Gasteiger partial charge in [-0.05, 0) is 12.1 Å². The van der Waals surface area contributed by atoms with E-state index in [1.165, 1.54) is 12.1 Å². The fraction of sp³-hybridized carbons (Fsp3) is 0.300. The lowest BCUT2D eigenvalue weighted by molar-refractivity contribution is 0.0118. The van der Waals surface area contributed by atoms with Crippen molar-refractivity contribution >= 4 is 17.5 Å². The molecule has 0 aromatic heterocycles. The first-order valence-electron chi connectivity index (χ1n) is 4.67. The Morgan fingerprint density at radius 3 is 2.71 bits per heavy atom. The van der Waals surface area contributed by atoms with E-state index in [0.29, 0.717) is 0 Å². The molecule has 1 aromatic rings. The first-order valence-corrected chi connectivity index (χ1v) is 5.05. The average molecular weight is 267 g/mol. The zero-order chi connectivity index (χ0) is 13.1. The Hall–Kier alpha value is -1.27. The first-order chi connectivity index (χ1) is 7.87. The Kier molecular flexibility index (Phi) is 4.36. The monoisotopic (exact) mass is 266 g/mol. The van der Waals surface area contributed by atoms with Gasteiger partial charge in [0.05, 0.1) is 23.7 Å². The molecule has 0 saturated carbocycles. The number of amides is 1. The first kappa shape index (κ1) is 13.8. The number of alkyl halides is 2. The van der Waals surface area contributed by atoms with E-state index in [2.05, 4.69) is 0 Å². The van der Waals surface area contributed by atoms with Crippen molar-refractivity contribution in [1.29, 1.82) is 0 Å². The highest BCUT2D eigenvalue weighted by Crippen LogP contribution is 2.19. The van der Waals surface area contributed by atoms with Crippen molar-refractivity contribution in [2.24, 2.45) is 5.73 Å². The largest absolute Gasteiger partial charge is 0.346 e. The molecule has 7 heteroatoms. The van der Waals surface area contributed by atoms with Gasteiger partial charge in [0.1, 0.15) is 5.82 Å². The number of halogens is 4. The minimum Gasteiger partial charge on any atom is -0.346 e.